The molecule has 0 spiro atoms. The molecule has 2 aromatic rings. The van der Waals surface area contributed by atoms with Crippen molar-refractivity contribution in [2.75, 3.05) is 19.8 Å². The molecule has 4 rings (SSSR count). The first kappa shape index (κ1) is 22.8. The van der Waals surface area contributed by atoms with E-state index in [1.54, 1.807) is 13.8 Å². The molecule has 2 N–H and O–H groups in total. The van der Waals surface area contributed by atoms with Crippen molar-refractivity contribution in [2.45, 2.75) is 44.4 Å². The van der Waals surface area contributed by atoms with Gasteiger partial charge in [0, 0.05) is 24.9 Å². The third kappa shape index (κ3) is 4.71. The molecule has 8 heteroatoms. The van der Waals surface area contributed by atoms with Crippen molar-refractivity contribution in [3.8, 4) is 11.1 Å². The largest absolute Gasteiger partial charge is 0.480 e. The summed E-state index contributed by atoms with van der Waals surface area (Å²) >= 11 is 0. The Labute approximate surface area is 192 Å². The number of rotatable bonds is 6. The Morgan fingerprint density at radius 3 is 2.33 bits per heavy atom. The number of ether oxygens (including phenoxy) is 2. The maximum Gasteiger partial charge on any atom is 0.407 e. The Balaban J connectivity index is 1.33. The monoisotopic (exact) mass is 452 g/mol. The average Bonchev–Trinajstić information content (AvgIpc) is 3.11. The van der Waals surface area contributed by atoms with E-state index in [-0.39, 0.29) is 38.0 Å². The molecule has 0 radical (unpaired) electrons. The van der Waals surface area contributed by atoms with Gasteiger partial charge in [-0.3, -0.25) is 4.79 Å². The van der Waals surface area contributed by atoms with Crippen molar-refractivity contribution >= 4 is 18.0 Å². The molecule has 0 aromatic heterocycles. The highest BCUT2D eigenvalue weighted by Gasteiger charge is 2.38. The number of carbonyl (C=O) groups is 3. The highest BCUT2D eigenvalue weighted by atomic mass is 16.5. The molecule has 0 bridgehead atoms. The number of carbonyl (C=O) groups excluding carboxylic acids is 2. The molecule has 2 amide bonds. The van der Waals surface area contributed by atoms with Crippen molar-refractivity contribution in [1.29, 1.82) is 0 Å². The summed E-state index contributed by atoms with van der Waals surface area (Å²) in [6.07, 6.45) is -1.23. The number of carboxylic acid groups (broad SMARTS) is 1. The molecule has 174 valence electrons. The normalized spacial score (nSPS) is 20.5. The van der Waals surface area contributed by atoms with Gasteiger partial charge < -0.3 is 24.8 Å². The fraction of sp³-hybridized carbons (Fsp3) is 0.400. The summed E-state index contributed by atoms with van der Waals surface area (Å²) < 4.78 is 10.9. The second kappa shape index (κ2) is 9.62. The van der Waals surface area contributed by atoms with Crippen LogP contribution < -0.4 is 5.32 Å². The topological polar surface area (TPSA) is 105 Å². The summed E-state index contributed by atoms with van der Waals surface area (Å²) in [5, 5.41) is 12.1. The van der Waals surface area contributed by atoms with Crippen LogP contribution >= 0.6 is 0 Å². The van der Waals surface area contributed by atoms with E-state index < -0.39 is 30.3 Å². The van der Waals surface area contributed by atoms with Gasteiger partial charge in [0.05, 0.1) is 12.7 Å². The van der Waals surface area contributed by atoms with Crippen LogP contribution in [0.3, 0.4) is 0 Å². The summed E-state index contributed by atoms with van der Waals surface area (Å²) in [5.41, 5.74) is 4.54. The van der Waals surface area contributed by atoms with E-state index in [1.807, 2.05) is 36.4 Å². The fourth-order valence-electron chi connectivity index (χ4n) is 4.71. The standard InChI is InChI=1S/C25H28N2O6/c1-15(13-22(28)27-11-12-32-16(2)23(27)24(29)30)26-25(31)33-14-21-19-9-5-3-7-17(19)18-8-4-6-10-20(18)21/h3-10,15-16,21,23H,11-14H2,1-2H3,(H,26,31)(H,29,30). The van der Waals surface area contributed by atoms with E-state index in [2.05, 4.69) is 17.4 Å². The summed E-state index contributed by atoms with van der Waals surface area (Å²) in [6.45, 7) is 4.00. The fourth-order valence-corrected chi connectivity index (χ4v) is 4.71. The van der Waals surface area contributed by atoms with E-state index in [0.29, 0.717) is 0 Å². The number of alkyl carbamates (subject to hydrolysis) is 1. The zero-order valence-electron chi connectivity index (χ0n) is 18.7. The molecule has 33 heavy (non-hydrogen) atoms. The number of nitrogens with zero attached hydrogens (tertiary/aromatic N) is 1. The lowest BCUT2D eigenvalue weighted by atomic mass is 9.98. The van der Waals surface area contributed by atoms with Gasteiger partial charge in [-0.25, -0.2) is 9.59 Å². The number of morpholine rings is 1. The van der Waals surface area contributed by atoms with Crippen molar-refractivity contribution in [3.05, 3.63) is 59.7 Å². The molecule has 2 aliphatic rings. The molecule has 1 aliphatic heterocycles. The van der Waals surface area contributed by atoms with Crippen LogP contribution in [-0.2, 0) is 19.1 Å². The van der Waals surface area contributed by atoms with E-state index in [4.69, 9.17) is 9.47 Å². The van der Waals surface area contributed by atoms with Gasteiger partial charge in [0.2, 0.25) is 5.91 Å². The van der Waals surface area contributed by atoms with Gasteiger partial charge in [0.1, 0.15) is 6.61 Å². The minimum atomic E-state index is -1.10. The Hall–Kier alpha value is -3.39. The van der Waals surface area contributed by atoms with Crippen molar-refractivity contribution in [2.24, 2.45) is 0 Å². The third-order valence-electron chi connectivity index (χ3n) is 6.26. The van der Waals surface area contributed by atoms with Gasteiger partial charge in [-0.1, -0.05) is 48.5 Å². The van der Waals surface area contributed by atoms with E-state index in [0.717, 1.165) is 22.3 Å². The minimum absolute atomic E-state index is 0.0271. The molecule has 1 saturated heterocycles. The molecular formula is C25H28N2O6. The van der Waals surface area contributed by atoms with Gasteiger partial charge in [-0.2, -0.15) is 0 Å². The Morgan fingerprint density at radius 1 is 1.12 bits per heavy atom. The molecule has 3 unspecified atom stereocenters. The van der Waals surface area contributed by atoms with E-state index in [9.17, 15) is 19.5 Å². The van der Waals surface area contributed by atoms with Crippen LogP contribution in [0.4, 0.5) is 4.79 Å². The number of amides is 2. The number of carboxylic acids is 1. The predicted molar refractivity (Wildman–Crippen MR) is 121 cm³/mol. The Morgan fingerprint density at radius 2 is 1.73 bits per heavy atom. The second-order valence-corrected chi connectivity index (χ2v) is 8.52. The van der Waals surface area contributed by atoms with Crippen LogP contribution in [0.5, 0.6) is 0 Å². The quantitative estimate of drug-likeness (QED) is 0.698. The van der Waals surface area contributed by atoms with Crippen LogP contribution in [0.15, 0.2) is 48.5 Å². The number of hydrogen-bond donors (Lipinski definition) is 2. The summed E-state index contributed by atoms with van der Waals surface area (Å²) in [5.74, 6) is -1.50. The zero-order chi connectivity index (χ0) is 23.5. The van der Waals surface area contributed by atoms with Gasteiger partial charge >= 0.3 is 12.1 Å². The molecular weight excluding hydrogens is 424 g/mol. The Kier molecular flexibility index (Phi) is 6.65. The second-order valence-electron chi connectivity index (χ2n) is 8.52. The smallest absolute Gasteiger partial charge is 0.407 e. The number of nitrogens with one attached hydrogen (secondary N) is 1. The number of benzene rings is 2. The minimum Gasteiger partial charge on any atom is -0.480 e. The number of fused-ring (bicyclic) bond motifs is 3. The van der Waals surface area contributed by atoms with Crippen LogP contribution in [0.2, 0.25) is 0 Å². The zero-order valence-corrected chi connectivity index (χ0v) is 18.7. The molecule has 1 fully saturated rings. The van der Waals surface area contributed by atoms with Gasteiger partial charge in [-0.15, -0.1) is 0 Å². The lowest BCUT2D eigenvalue weighted by molar-refractivity contribution is -0.165. The summed E-state index contributed by atoms with van der Waals surface area (Å²) in [7, 11) is 0. The van der Waals surface area contributed by atoms with Gasteiger partial charge in [-0.05, 0) is 36.1 Å². The first-order valence-corrected chi connectivity index (χ1v) is 11.1. The van der Waals surface area contributed by atoms with Crippen LogP contribution in [0.25, 0.3) is 11.1 Å². The molecule has 8 nitrogen and oxygen atoms in total. The van der Waals surface area contributed by atoms with Gasteiger partial charge in [0.25, 0.3) is 0 Å². The number of hydrogen-bond acceptors (Lipinski definition) is 5. The molecule has 2 aromatic carbocycles. The first-order valence-electron chi connectivity index (χ1n) is 11.1. The summed E-state index contributed by atoms with van der Waals surface area (Å²) in [4.78, 5) is 38.0. The third-order valence-corrected chi connectivity index (χ3v) is 6.26. The SMILES string of the molecule is CC(CC(=O)N1CCOC(C)C1C(=O)O)NC(=O)OCC1c2ccccc2-c2ccccc21. The van der Waals surface area contributed by atoms with E-state index in [1.165, 1.54) is 4.90 Å². The van der Waals surface area contributed by atoms with E-state index >= 15 is 0 Å². The molecule has 3 atom stereocenters. The first-order chi connectivity index (χ1) is 15.9. The van der Waals surface area contributed by atoms with Crippen LogP contribution in [-0.4, -0.2) is 65.9 Å². The Bertz CT molecular complexity index is 1010. The lowest BCUT2D eigenvalue weighted by Crippen LogP contribution is -2.57. The van der Waals surface area contributed by atoms with Gasteiger partial charge in [0.15, 0.2) is 6.04 Å². The van der Waals surface area contributed by atoms with Crippen LogP contribution in [0.1, 0.15) is 37.3 Å². The van der Waals surface area contributed by atoms with Crippen LogP contribution in [0, 0.1) is 0 Å². The number of aliphatic carboxylic acids is 1. The maximum absolute atomic E-state index is 12.7. The molecule has 1 heterocycles. The maximum atomic E-state index is 12.7. The highest BCUT2D eigenvalue weighted by Crippen LogP contribution is 2.44. The summed E-state index contributed by atoms with van der Waals surface area (Å²) in [6, 6.07) is 14.6. The lowest BCUT2D eigenvalue weighted by Gasteiger charge is -2.37. The predicted octanol–water partition coefficient (Wildman–Crippen LogP) is 3.00. The molecule has 0 saturated carbocycles. The van der Waals surface area contributed by atoms with Crippen molar-refractivity contribution < 1.29 is 29.0 Å². The molecule has 1 aliphatic carbocycles. The van der Waals surface area contributed by atoms with Crippen molar-refractivity contribution in [3.63, 3.8) is 0 Å². The van der Waals surface area contributed by atoms with Crippen molar-refractivity contribution in [1.82, 2.24) is 10.2 Å². The average molecular weight is 453 g/mol. The highest BCUT2D eigenvalue weighted by molar-refractivity contribution is 5.85.